The zero-order valence-corrected chi connectivity index (χ0v) is 6.47. The molecule has 0 spiro atoms. The molecule has 0 aromatic carbocycles. The van der Waals surface area contributed by atoms with E-state index >= 15 is 0 Å². The molecule has 10 heavy (non-hydrogen) atoms. The van der Waals surface area contributed by atoms with Gasteiger partial charge in [-0.1, -0.05) is 12.5 Å². The molecule has 56 valence electrons. The second kappa shape index (κ2) is 8.23. The Balaban J connectivity index is 2.78. The second-order valence-electron chi connectivity index (χ2n) is 2.37. The first-order valence-corrected chi connectivity index (χ1v) is 3.86. The van der Waals surface area contributed by atoms with Crippen molar-refractivity contribution in [3.63, 3.8) is 0 Å². The van der Waals surface area contributed by atoms with Crippen molar-refractivity contribution >= 4 is 0 Å². The molecule has 0 unspecified atom stereocenters. The molecule has 0 aromatic heterocycles. The maximum atomic E-state index is 6.53. The first-order valence-electron chi connectivity index (χ1n) is 3.86. The molecule has 1 nitrogen and oxygen atoms in total. The summed E-state index contributed by atoms with van der Waals surface area (Å²) in [6, 6.07) is 0. The molecule has 0 bridgehead atoms. The van der Waals surface area contributed by atoms with Gasteiger partial charge in [0.15, 0.2) is 0 Å². The Kier molecular flexibility index (Phi) is 7.60. The first-order chi connectivity index (χ1) is 4.91. The first kappa shape index (κ1) is 9.23. The van der Waals surface area contributed by atoms with Gasteiger partial charge < -0.3 is 4.85 Å². The molecule has 0 heterocycles. The van der Waals surface area contributed by atoms with Crippen molar-refractivity contribution in [3.8, 4) is 0 Å². The van der Waals surface area contributed by atoms with E-state index in [2.05, 4.69) is 11.4 Å². The van der Waals surface area contributed by atoms with E-state index in [1.807, 2.05) is 6.08 Å². The van der Waals surface area contributed by atoms with Crippen LogP contribution >= 0.6 is 0 Å². The van der Waals surface area contributed by atoms with Gasteiger partial charge in [0.25, 0.3) is 0 Å². The molecule has 0 saturated heterocycles. The van der Waals surface area contributed by atoms with Crippen LogP contribution in [0, 0.1) is 6.57 Å². The third-order valence-electron chi connectivity index (χ3n) is 1.43. The summed E-state index contributed by atoms with van der Waals surface area (Å²) in [5, 5.41) is 0. The standard InChI is InChI=1S/C9H15N/c1-3-4-5-6-7-8-9-10-2/h3H,1,4-9H2. The van der Waals surface area contributed by atoms with Crippen molar-refractivity contribution in [3.05, 3.63) is 24.1 Å². The van der Waals surface area contributed by atoms with Gasteiger partial charge >= 0.3 is 0 Å². The van der Waals surface area contributed by atoms with E-state index in [4.69, 9.17) is 6.57 Å². The van der Waals surface area contributed by atoms with E-state index in [1.54, 1.807) is 0 Å². The summed E-state index contributed by atoms with van der Waals surface area (Å²) in [7, 11) is 0. The van der Waals surface area contributed by atoms with Gasteiger partial charge in [0.1, 0.15) is 0 Å². The van der Waals surface area contributed by atoms with Crippen LogP contribution < -0.4 is 0 Å². The number of nitrogens with zero attached hydrogens (tertiary/aromatic N) is 1. The largest absolute Gasteiger partial charge is 0.317 e. The van der Waals surface area contributed by atoms with Crippen molar-refractivity contribution in [2.45, 2.75) is 32.1 Å². The Hall–Kier alpha value is -0.770. The van der Waals surface area contributed by atoms with Crippen LogP contribution in [0.4, 0.5) is 0 Å². The van der Waals surface area contributed by atoms with Gasteiger partial charge in [-0.05, 0) is 19.3 Å². The zero-order valence-electron chi connectivity index (χ0n) is 6.47. The summed E-state index contributed by atoms with van der Waals surface area (Å²) in [5.41, 5.74) is 0. The minimum absolute atomic E-state index is 0.702. The smallest absolute Gasteiger partial charge is 0.214 e. The molecule has 0 aliphatic rings. The molecule has 0 amide bonds. The predicted molar refractivity (Wildman–Crippen MR) is 44.8 cm³/mol. The summed E-state index contributed by atoms with van der Waals surface area (Å²) >= 11 is 0. The van der Waals surface area contributed by atoms with Gasteiger partial charge in [-0.25, -0.2) is 6.57 Å². The molecule has 1 heteroatoms. The van der Waals surface area contributed by atoms with E-state index in [-0.39, 0.29) is 0 Å². The SMILES string of the molecule is [C-]#[N+]CCCCCCC=C. The summed E-state index contributed by atoms with van der Waals surface area (Å²) < 4.78 is 0. The van der Waals surface area contributed by atoms with E-state index in [9.17, 15) is 0 Å². The van der Waals surface area contributed by atoms with Gasteiger partial charge in [-0.2, -0.15) is 0 Å². The highest BCUT2D eigenvalue weighted by atomic mass is 14.6. The fraction of sp³-hybridized carbons (Fsp3) is 0.667. The van der Waals surface area contributed by atoms with Gasteiger partial charge in [-0.3, -0.25) is 0 Å². The van der Waals surface area contributed by atoms with Crippen LogP contribution in [0.3, 0.4) is 0 Å². The number of allylic oxidation sites excluding steroid dienone is 1. The third kappa shape index (κ3) is 7.23. The van der Waals surface area contributed by atoms with Gasteiger partial charge in [-0.15, -0.1) is 6.58 Å². The molecule has 0 aromatic rings. The van der Waals surface area contributed by atoms with Crippen molar-refractivity contribution in [2.75, 3.05) is 6.54 Å². The lowest BCUT2D eigenvalue weighted by Crippen LogP contribution is -1.79. The maximum Gasteiger partial charge on any atom is 0.214 e. The van der Waals surface area contributed by atoms with Gasteiger partial charge in [0.05, 0.1) is 0 Å². The maximum absolute atomic E-state index is 6.53. The fourth-order valence-corrected chi connectivity index (χ4v) is 0.833. The summed E-state index contributed by atoms with van der Waals surface area (Å²) in [5.74, 6) is 0. The molecule has 0 rings (SSSR count). The highest BCUT2D eigenvalue weighted by Crippen LogP contribution is 2.02. The average molecular weight is 137 g/mol. The highest BCUT2D eigenvalue weighted by molar-refractivity contribution is 4.66. The molecule has 0 fully saturated rings. The Morgan fingerprint density at radius 2 is 1.90 bits per heavy atom. The van der Waals surface area contributed by atoms with Crippen LogP contribution in [0.5, 0.6) is 0 Å². The van der Waals surface area contributed by atoms with Crippen molar-refractivity contribution in [2.24, 2.45) is 0 Å². The van der Waals surface area contributed by atoms with Gasteiger partial charge in [0, 0.05) is 6.42 Å². The van der Waals surface area contributed by atoms with E-state index < -0.39 is 0 Å². The third-order valence-corrected chi connectivity index (χ3v) is 1.43. The minimum atomic E-state index is 0.702. The van der Waals surface area contributed by atoms with E-state index in [0.717, 1.165) is 12.8 Å². The quantitative estimate of drug-likeness (QED) is 0.301. The number of hydrogen-bond acceptors (Lipinski definition) is 0. The monoisotopic (exact) mass is 137 g/mol. The molecule has 0 N–H and O–H groups in total. The highest BCUT2D eigenvalue weighted by Gasteiger charge is 1.88. The van der Waals surface area contributed by atoms with Crippen molar-refractivity contribution in [1.82, 2.24) is 0 Å². The zero-order chi connectivity index (χ0) is 7.66. The molecule has 0 radical (unpaired) electrons. The molecule has 0 aliphatic carbocycles. The van der Waals surface area contributed by atoms with E-state index in [1.165, 1.54) is 19.3 Å². The normalized spacial score (nSPS) is 8.70. The van der Waals surface area contributed by atoms with Gasteiger partial charge in [0.2, 0.25) is 6.54 Å². The number of hydrogen-bond donors (Lipinski definition) is 0. The Morgan fingerprint density at radius 3 is 2.50 bits per heavy atom. The summed E-state index contributed by atoms with van der Waals surface area (Å²) in [4.78, 5) is 3.28. The lowest BCUT2D eigenvalue weighted by Gasteiger charge is -1.92. The lowest BCUT2D eigenvalue weighted by atomic mass is 10.1. The molecular formula is C9H15N. The van der Waals surface area contributed by atoms with Crippen molar-refractivity contribution < 1.29 is 0 Å². The minimum Gasteiger partial charge on any atom is -0.317 e. The predicted octanol–water partition coefficient (Wildman–Crippen LogP) is 3.04. The van der Waals surface area contributed by atoms with Crippen LogP contribution in [0.2, 0.25) is 0 Å². The number of rotatable bonds is 6. The van der Waals surface area contributed by atoms with Crippen LogP contribution in [-0.2, 0) is 0 Å². The summed E-state index contributed by atoms with van der Waals surface area (Å²) in [6.07, 6.45) is 7.84. The van der Waals surface area contributed by atoms with Crippen LogP contribution in [0.25, 0.3) is 4.85 Å². The van der Waals surface area contributed by atoms with Crippen LogP contribution in [0.1, 0.15) is 32.1 Å². The Bertz CT molecular complexity index is 110. The molecule has 0 aliphatic heterocycles. The molecule has 0 saturated carbocycles. The Morgan fingerprint density at radius 1 is 1.20 bits per heavy atom. The molecular weight excluding hydrogens is 122 g/mol. The second-order valence-corrected chi connectivity index (χ2v) is 2.37. The molecule has 0 atom stereocenters. The fourth-order valence-electron chi connectivity index (χ4n) is 0.833. The van der Waals surface area contributed by atoms with E-state index in [0.29, 0.717) is 6.54 Å². The lowest BCUT2D eigenvalue weighted by molar-refractivity contribution is 0.668. The Labute approximate surface area is 63.6 Å². The number of unbranched alkanes of at least 4 members (excludes halogenated alkanes) is 4. The average Bonchev–Trinajstić information content (AvgIpc) is 1.97. The van der Waals surface area contributed by atoms with Crippen LogP contribution in [-0.4, -0.2) is 6.54 Å². The van der Waals surface area contributed by atoms with Crippen molar-refractivity contribution in [1.29, 1.82) is 0 Å². The van der Waals surface area contributed by atoms with Crippen LogP contribution in [0.15, 0.2) is 12.7 Å². The topological polar surface area (TPSA) is 4.36 Å². The summed E-state index contributed by atoms with van der Waals surface area (Å²) in [6.45, 7) is 10.9.